The van der Waals surface area contributed by atoms with Crippen molar-refractivity contribution in [2.24, 2.45) is 0 Å². The molecule has 0 amide bonds. The zero-order valence-electron chi connectivity index (χ0n) is 11.4. The molecule has 0 saturated heterocycles. The quantitative estimate of drug-likeness (QED) is 0.728. The number of carbonyl (C=O) groups is 3. The van der Waals surface area contributed by atoms with Crippen molar-refractivity contribution in [2.75, 3.05) is 0 Å². The molecule has 0 saturated carbocycles. The molecule has 3 rings (SSSR count). The maximum atomic E-state index is 12.5. The van der Waals surface area contributed by atoms with E-state index in [0.29, 0.717) is 28.0 Å². The van der Waals surface area contributed by atoms with Crippen molar-refractivity contribution in [3.8, 4) is 0 Å². The molecule has 0 N–H and O–H groups in total. The molecule has 0 radical (unpaired) electrons. The molecule has 1 aliphatic rings. The first-order chi connectivity index (χ1) is 10.1. The van der Waals surface area contributed by atoms with Crippen molar-refractivity contribution in [2.45, 2.75) is 12.7 Å². The number of ketones is 2. The third kappa shape index (κ3) is 2.43. The fourth-order valence-corrected chi connectivity index (χ4v) is 2.97. The van der Waals surface area contributed by atoms with E-state index < -0.39 is 0 Å². The molecule has 21 heavy (non-hydrogen) atoms. The largest absolute Gasteiger partial charge is 0.289 e. The van der Waals surface area contributed by atoms with Crippen molar-refractivity contribution >= 4 is 28.4 Å². The Hall–Kier alpha value is -2.20. The lowest BCUT2D eigenvalue weighted by Crippen LogP contribution is -2.20. The summed E-state index contributed by atoms with van der Waals surface area (Å²) >= 11 is 1.19. The molecule has 2 aromatic rings. The Morgan fingerprint density at radius 2 is 1.48 bits per heavy atom. The summed E-state index contributed by atoms with van der Waals surface area (Å²) in [6, 6.07) is 12.1. The average Bonchev–Trinajstić information content (AvgIpc) is 2.50. The van der Waals surface area contributed by atoms with Gasteiger partial charge in [0.2, 0.25) is 0 Å². The zero-order valence-corrected chi connectivity index (χ0v) is 12.2. The first kappa shape index (κ1) is 13.8. The maximum absolute atomic E-state index is 12.5. The lowest BCUT2D eigenvalue weighted by atomic mass is 9.83. The van der Waals surface area contributed by atoms with E-state index in [-0.39, 0.29) is 16.7 Å². The van der Waals surface area contributed by atoms with Gasteiger partial charge in [-0.2, -0.15) is 0 Å². The molecular weight excluding hydrogens is 284 g/mol. The summed E-state index contributed by atoms with van der Waals surface area (Å²) in [6.07, 6.45) is 0. The summed E-state index contributed by atoms with van der Waals surface area (Å²) < 4.78 is 0. The maximum Gasteiger partial charge on any atom is 0.194 e. The second kappa shape index (κ2) is 5.30. The SMILES string of the molecule is CC(=O)SCc1ccc2c(c1)C(=O)c1ccccc1C2=O. The highest BCUT2D eigenvalue weighted by Crippen LogP contribution is 2.28. The van der Waals surface area contributed by atoms with Crippen LogP contribution in [-0.4, -0.2) is 16.7 Å². The van der Waals surface area contributed by atoms with Crippen molar-refractivity contribution in [1.82, 2.24) is 0 Å². The van der Waals surface area contributed by atoms with E-state index in [4.69, 9.17) is 0 Å². The van der Waals surface area contributed by atoms with Gasteiger partial charge in [0.15, 0.2) is 16.7 Å². The number of benzene rings is 2. The predicted octanol–water partition coefficient (Wildman–Crippen LogP) is 3.24. The van der Waals surface area contributed by atoms with Crippen molar-refractivity contribution in [3.05, 3.63) is 70.3 Å². The van der Waals surface area contributed by atoms with Crippen molar-refractivity contribution in [3.63, 3.8) is 0 Å². The minimum atomic E-state index is -0.130. The molecule has 0 atom stereocenters. The Kier molecular flexibility index (Phi) is 3.47. The van der Waals surface area contributed by atoms with Crippen LogP contribution >= 0.6 is 11.8 Å². The fraction of sp³-hybridized carbons (Fsp3) is 0.118. The monoisotopic (exact) mass is 296 g/mol. The predicted molar refractivity (Wildman–Crippen MR) is 81.7 cm³/mol. The molecule has 0 spiro atoms. The summed E-state index contributed by atoms with van der Waals surface area (Å²) in [4.78, 5) is 36.0. The van der Waals surface area contributed by atoms with Crippen LogP contribution in [0, 0.1) is 0 Å². The number of hydrogen-bond donors (Lipinski definition) is 0. The fourth-order valence-electron chi connectivity index (χ4n) is 2.42. The smallest absolute Gasteiger partial charge is 0.194 e. The molecule has 4 heteroatoms. The summed E-state index contributed by atoms with van der Waals surface area (Å²) in [7, 11) is 0. The number of fused-ring (bicyclic) bond motifs is 2. The highest BCUT2D eigenvalue weighted by molar-refractivity contribution is 8.12. The van der Waals surface area contributed by atoms with Gasteiger partial charge in [-0.3, -0.25) is 14.4 Å². The lowest BCUT2D eigenvalue weighted by molar-refractivity contribution is -0.109. The van der Waals surface area contributed by atoms with Gasteiger partial charge in [-0.1, -0.05) is 42.1 Å². The molecule has 1 aliphatic carbocycles. The normalized spacial score (nSPS) is 12.8. The number of thioether (sulfide) groups is 1. The second-order valence-corrected chi connectivity index (χ2v) is 6.02. The third-order valence-electron chi connectivity index (χ3n) is 3.43. The minimum absolute atomic E-state index is 0.0282. The van der Waals surface area contributed by atoms with Gasteiger partial charge in [0.1, 0.15) is 0 Å². The van der Waals surface area contributed by atoms with Gasteiger partial charge in [0.25, 0.3) is 0 Å². The van der Waals surface area contributed by atoms with Crippen LogP contribution in [0.1, 0.15) is 44.3 Å². The molecule has 0 heterocycles. The molecule has 0 unspecified atom stereocenters. The second-order valence-electron chi connectivity index (χ2n) is 4.86. The number of rotatable bonds is 2. The molecular formula is C17H12O3S. The molecule has 0 fully saturated rings. The molecule has 0 aliphatic heterocycles. The Morgan fingerprint density at radius 3 is 2.10 bits per heavy atom. The molecule has 0 bridgehead atoms. The Bertz CT molecular complexity index is 777. The third-order valence-corrected chi connectivity index (χ3v) is 4.32. The van der Waals surface area contributed by atoms with Crippen molar-refractivity contribution in [1.29, 1.82) is 0 Å². The average molecular weight is 296 g/mol. The van der Waals surface area contributed by atoms with Crippen LogP contribution in [-0.2, 0) is 10.5 Å². The highest BCUT2D eigenvalue weighted by Gasteiger charge is 2.29. The van der Waals surface area contributed by atoms with Crippen LogP contribution in [0.3, 0.4) is 0 Å². The molecule has 3 nitrogen and oxygen atoms in total. The van der Waals surface area contributed by atoms with Gasteiger partial charge in [-0.15, -0.1) is 0 Å². The van der Waals surface area contributed by atoms with Crippen LogP contribution < -0.4 is 0 Å². The molecule has 104 valence electrons. The van der Waals surface area contributed by atoms with Crippen LogP contribution in [0.4, 0.5) is 0 Å². The van der Waals surface area contributed by atoms with E-state index in [1.807, 2.05) is 0 Å². The number of hydrogen-bond acceptors (Lipinski definition) is 4. The first-order valence-corrected chi connectivity index (χ1v) is 7.51. The van der Waals surface area contributed by atoms with E-state index in [9.17, 15) is 14.4 Å². The minimum Gasteiger partial charge on any atom is -0.289 e. The highest BCUT2D eigenvalue weighted by atomic mass is 32.2. The Balaban J connectivity index is 2.04. The zero-order chi connectivity index (χ0) is 15.0. The van der Waals surface area contributed by atoms with Gasteiger partial charge >= 0.3 is 0 Å². The lowest BCUT2D eigenvalue weighted by Gasteiger charge is -2.17. The van der Waals surface area contributed by atoms with Gasteiger partial charge in [-0.25, -0.2) is 0 Å². The van der Waals surface area contributed by atoms with E-state index >= 15 is 0 Å². The summed E-state index contributed by atoms with van der Waals surface area (Å²) in [5.74, 6) is 0.256. The van der Waals surface area contributed by atoms with Crippen LogP contribution in [0.15, 0.2) is 42.5 Å². The van der Waals surface area contributed by atoms with E-state index in [1.165, 1.54) is 18.7 Å². The summed E-state index contributed by atoms with van der Waals surface area (Å²) in [5, 5.41) is 0.0282. The van der Waals surface area contributed by atoms with Gasteiger partial charge in [-0.05, 0) is 17.7 Å². The van der Waals surface area contributed by atoms with Crippen LogP contribution in [0.25, 0.3) is 0 Å². The van der Waals surface area contributed by atoms with E-state index in [1.54, 1.807) is 42.5 Å². The first-order valence-electron chi connectivity index (χ1n) is 6.52. The van der Waals surface area contributed by atoms with Gasteiger partial charge in [0, 0.05) is 34.9 Å². The molecule has 2 aromatic carbocycles. The Morgan fingerprint density at radius 1 is 0.905 bits per heavy atom. The van der Waals surface area contributed by atoms with Gasteiger partial charge in [0.05, 0.1) is 0 Å². The standard InChI is InChI=1S/C17H12O3S/c1-10(18)21-9-11-6-7-14-15(8-11)17(20)13-5-3-2-4-12(13)16(14)19/h2-8H,9H2,1H3. The summed E-state index contributed by atoms with van der Waals surface area (Å²) in [6.45, 7) is 1.51. The molecule has 0 aromatic heterocycles. The van der Waals surface area contributed by atoms with E-state index in [0.717, 1.165) is 5.56 Å². The Labute approximate surface area is 126 Å². The summed E-state index contributed by atoms with van der Waals surface area (Å²) in [5.41, 5.74) is 2.65. The van der Waals surface area contributed by atoms with Crippen LogP contribution in [0.2, 0.25) is 0 Å². The van der Waals surface area contributed by atoms with Crippen molar-refractivity contribution < 1.29 is 14.4 Å². The van der Waals surface area contributed by atoms with Crippen LogP contribution in [0.5, 0.6) is 0 Å². The topological polar surface area (TPSA) is 51.2 Å². The number of carbonyl (C=O) groups excluding carboxylic acids is 3. The van der Waals surface area contributed by atoms with Gasteiger partial charge < -0.3 is 0 Å². The van der Waals surface area contributed by atoms with E-state index in [2.05, 4.69) is 0 Å².